The van der Waals surface area contributed by atoms with Crippen molar-refractivity contribution >= 4 is 87.6 Å². The van der Waals surface area contributed by atoms with Crippen molar-refractivity contribution in [2.24, 2.45) is 0 Å². The first-order valence-electron chi connectivity index (χ1n) is 26.5. The largest absolute Gasteiger partial charge is 0.497 e. The molecule has 2 aliphatic rings. The molecule has 1 unspecified atom stereocenters. The molecule has 0 saturated heterocycles. The third-order valence-electron chi connectivity index (χ3n) is 15.0. The molecule has 0 radical (unpaired) electrons. The summed E-state index contributed by atoms with van der Waals surface area (Å²) in [5.41, 5.74) is 6.77. The maximum Gasteiger partial charge on any atom is 0.269 e. The standard InChI is InChI=1S/2C30H32ClFN4O4S2/c2*1-35(2)27-14-20-8-6-5-7-19(20)13-26(27)34-25-17-24(32)29(16-23(25)31)42(37,38)36(30-33-11-12-41-30)18-21-9-10-22(39-3)15-28(21)40-4/h2*5-12,15-17,26-27,34H,13-14,18H2,1-4H3/t26-,27?;26-,27-/m10/s1. The summed E-state index contributed by atoms with van der Waals surface area (Å²) < 4.78 is 111. The summed E-state index contributed by atoms with van der Waals surface area (Å²) in [6.07, 6.45) is 6.08. The van der Waals surface area contributed by atoms with Gasteiger partial charge in [-0.15, -0.1) is 22.7 Å². The lowest BCUT2D eigenvalue weighted by atomic mass is 9.84. The number of sulfonamides is 2. The van der Waals surface area contributed by atoms with E-state index in [0.717, 1.165) is 69.1 Å². The molecule has 6 aromatic carbocycles. The van der Waals surface area contributed by atoms with Gasteiger partial charge in [0.25, 0.3) is 20.0 Å². The second-order valence-corrected chi connectivity index (χ2v) is 26.7. The second kappa shape index (κ2) is 26.7. The van der Waals surface area contributed by atoms with Crippen molar-refractivity contribution in [2.45, 2.75) is 72.7 Å². The van der Waals surface area contributed by atoms with Crippen LogP contribution < -0.4 is 38.2 Å². The van der Waals surface area contributed by atoms with Gasteiger partial charge in [0.05, 0.1) is 62.9 Å². The number of hydrogen-bond acceptors (Lipinski definition) is 16. The molecule has 10 rings (SSSR count). The van der Waals surface area contributed by atoms with Gasteiger partial charge >= 0.3 is 0 Å². The minimum Gasteiger partial charge on any atom is -0.497 e. The van der Waals surface area contributed by atoms with Crippen LogP contribution in [0.4, 0.5) is 30.4 Å². The number of benzene rings is 6. The zero-order valence-electron chi connectivity index (χ0n) is 47.3. The van der Waals surface area contributed by atoms with E-state index in [1.54, 1.807) is 47.2 Å². The van der Waals surface area contributed by atoms with Gasteiger partial charge < -0.3 is 39.4 Å². The quantitative estimate of drug-likeness (QED) is 0.0739. The summed E-state index contributed by atoms with van der Waals surface area (Å²) in [6, 6.07) is 31.4. The number of fused-ring (bicyclic) bond motifs is 2. The fraction of sp³-hybridized carbons (Fsp3) is 0.300. The average molecular weight is 1260 g/mol. The molecule has 2 heterocycles. The zero-order valence-corrected chi connectivity index (χ0v) is 52.1. The lowest BCUT2D eigenvalue weighted by Crippen LogP contribution is -2.48. The van der Waals surface area contributed by atoms with Crippen molar-refractivity contribution in [3.8, 4) is 23.0 Å². The molecule has 0 aliphatic heterocycles. The van der Waals surface area contributed by atoms with E-state index >= 15 is 8.78 Å². The molecule has 2 N–H and O–H groups in total. The third kappa shape index (κ3) is 13.5. The van der Waals surface area contributed by atoms with Gasteiger partial charge in [0, 0.05) is 70.6 Å². The number of aromatic nitrogens is 2. The molecule has 24 heteroatoms. The number of anilines is 4. The predicted molar refractivity (Wildman–Crippen MR) is 330 cm³/mol. The Bertz CT molecular complexity index is 3580. The van der Waals surface area contributed by atoms with Gasteiger partial charge in [0.1, 0.15) is 44.4 Å². The van der Waals surface area contributed by atoms with E-state index in [1.165, 1.54) is 75.2 Å². The number of thiazole rings is 2. The Labute approximate surface area is 507 Å². The maximum absolute atomic E-state index is 15.8. The molecular formula is C60H64Cl2F2N8O8S4. The Morgan fingerprint density at radius 2 is 0.905 bits per heavy atom. The van der Waals surface area contributed by atoms with E-state index in [2.05, 4.69) is 54.7 Å². The highest BCUT2D eigenvalue weighted by atomic mass is 35.5. The fourth-order valence-corrected chi connectivity index (χ4v) is 15.8. The lowest BCUT2D eigenvalue weighted by molar-refractivity contribution is 0.250. The van der Waals surface area contributed by atoms with Crippen LogP contribution >= 0.6 is 45.9 Å². The van der Waals surface area contributed by atoms with Crippen LogP contribution in [0.5, 0.6) is 23.0 Å². The lowest BCUT2D eigenvalue weighted by Gasteiger charge is -2.38. The highest BCUT2D eigenvalue weighted by molar-refractivity contribution is 7.93. The second-order valence-electron chi connectivity index (χ2n) is 20.5. The molecular weight excluding hydrogens is 1200 g/mol. The first-order chi connectivity index (χ1) is 40.2. The molecule has 2 aliphatic carbocycles. The van der Waals surface area contributed by atoms with Gasteiger partial charge in [-0.2, -0.15) is 0 Å². The van der Waals surface area contributed by atoms with Crippen LogP contribution in [0.15, 0.2) is 142 Å². The SMILES string of the molecule is COc1ccc(CN(c2nccs2)S(=O)(=O)c2cc(Cl)c(N[C@@H]3Cc4ccccc4CC3N(C)C)cc2F)c(OC)c1.COc1ccc(CN(c2nccs2)S(=O)(=O)c2cc(Cl)c(N[C@H]3Cc4ccccc4C[C@@H]3N(C)C)cc2F)c(OC)c1. The third-order valence-corrected chi connectivity index (χ3v) is 20.9. The summed E-state index contributed by atoms with van der Waals surface area (Å²) in [5, 5.41) is 10.7. The Kier molecular flexibility index (Phi) is 19.6. The van der Waals surface area contributed by atoms with Crippen LogP contribution in [0, 0.1) is 11.6 Å². The summed E-state index contributed by atoms with van der Waals surface area (Å²) in [6.45, 7) is -0.294. The number of halogens is 4. The van der Waals surface area contributed by atoms with Gasteiger partial charge in [-0.05, 0) is 125 Å². The first-order valence-corrected chi connectivity index (χ1v) is 31.9. The summed E-state index contributed by atoms with van der Waals surface area (Å²) in [7, 11) is 5.20. The van der Waals surface area contributed by atoms with E-state index < -0.39 is 41.5 Å². The Morgan fingerprint density at radius 3 is 1.23 bits per heavy atom. The van der Waals surface area contributed by atoms with Crippen molar-refractivity contribution in [1.82, 2.24) is 19.8 Å². The number of hydrogen-bond donors (Lipinski definition) is 2. The molecule has 444 valence electrons. The number of nitrogens with one attached hydrogen (secondary N) is 2. The molecule has 0 fully saturated rings. The highest BCUT2D eigenvalue weighted by Gasteiger charge is 2.36. The summed E-state index contributed by atoms with van der Waals surface area (Å²) in [4.78, 5) is 11.6. The van der Waals surface area contributed by atoms with Crippen LogP contribution in [0.25, 0.3) is 0 Å². The molecule has 0 bridgehead atoms. The number of rotatable bonds is 20. The molecule has 16 nitrogen and oxygen atoms in total. The molecule has 4 atom stereocenters. The summed E-state index contributed by atoms with van der Waals surface area (Å²) >= 11 is 15.6. The Balaban J connectivity index is 0.000000202. The smallest absolute Gasteiger partial charge is 0.269 e. The van der Waals surface area contributed by atoms with Crippen LogP contribution in [-0.4, -0.2) is 117 Å². The van der Waals surface area contributed by atoms with Crippen molar-refractivity contribution in [3.63, 3.8) is 0 Å². The van der Waals surface area contributed by atoms with Crippen LogP contribution in [0.2, 0.25) is 10.0 Å². The van der Waals surface area contributed by atoms with Gasteiger partial charge in [-0.25, -0.2) is 44.2 Å². The monoisotopic (exact) mass is 1260 g/mol. The van der Waals surface area contributed by atoms with E-state index in [-0.39, 0.29) is 57.6 Å². The van der Waals surface area contributed by atoms with Crippen molar-refractivity contribution in [2.75, 3.05) is 75.9 Å². The first kappa shape index (κ1) is 61.8. The molecule has 0 amide bonds. The molecule has 0 spiro atoms. The predicted octanol–water partition coefficient (Wildman–Crippen LogP) is 11.7. The molecule has 8 aromatic rings. The number of methoxy groups -OCH3 is 4. The molecule has 84 heavy (non-hydrogen) atoms. The molecule has 2 aromatic heterocycles. The summed E-state index contributed by atoms with van der Waals surface area (Å²) in [5.74, 6) is 0.129. The maximum atomic E-state index is 15.8. The van der Waals surface area contributed by atoms with E-state index in [0.29, 0.717) is 45.5 Å². The average Bonchev–Trinajstić information content (AvgIpc) is 4.29. The van der Waals surface area contributed by atoms with E-state index in [4.69, 9.17) is 42.1 Å². The number of likely N-dealkylation sites (N-methyl/N-ethyl adjacent to an activating group) is 2. The van der Waals surface area contributed by atoms with Crippen molar-refractivity contribution in [1.29, 1.82) is 0 Å². The number of nitrogens with zero attached hydrogens (tertiary/aromatic N) is 6. The van der Waals surface area contributed by atoms with Crippen molar-refractivity contribution < 1.29 is 44.6 Å². The molecule has 0 saturated carbocycles. The van der Waals surface area contributed by atoms with Crippen LogP contribution in [0.1, 0.15) is 33.4 Å². The fourth-order valence-electron chi connectivity index (χ4n) is 10.5. The van der Waals surface area contributed by atoms with E-state index in [1.807, 2.05) is 52.5 Å². The van der Waals surface area contributed by atoms with Gasteiger partial charge in [0.2, 0.25) is 0 Å². The zero-order chi connectivity index (χ0) is 60.0. The topological polar surface area (TPSA) is 168 Å². The van der Waals surface area contributed by atoms with Gasteiger partial charge in [-0.1, -0.05) is 71.7 Å². The van der Waals surface area contributed by atoms with E-state index in [9.17, 15) is 16.8 Å². The van der Waals surface area contributed by atoms with Crippen molar-refractivity contribution in [3.05, 3.63) is 187 Å². The minimum atomic E-state index is -4.43. The van der Waals surface area contributed by atoms with Gasteiger partial charge in [0.15, 0.2) is 10.3 Å². The Morgan fingerprint density at radius 1 is 0.536 bits per heavy atom. The number of ether oxygens (including phenoxy) is 4. The van der Waals surface area contributed by atoms with Gasteiger partial charge in [-0.3, -0.25) is 0 Å². The highest BCUT2D eigenvalue weighted by Crippen LogP contribution is 2.39. The van der Waals surface area contributed by atoms with Crippen LogP contribution in [0.3, 0.4) is 0 Å². The van der Waals surface area contributed by atoms with Crippen LogP contribution in [-0.2, 0) is 58.8 Å². The minimum absolute atomic E-state index is 0.0661. The normalized spacial score (nSPS) is 16.6. The Hall–Kier alpha value is -6.76.